The van der Waals surface area contributed by atoms with Crippen molar-refractivity contribution in [2.75, 3.05) is 33.3 Å². The number of likely N-dealkylation sites (N-methyl/N-ethyl adjacent to an activating group) is 1. The predicted octanol–water partition coefficient (Wildman–Crippen LogP) is 2.02. The number of benzene rings is 1. The minimum Gasteiger partial charge on any atom is -0.396 e. The normalized spacial score (nSPS) is 20.0. The molecule has 1 N–H and O–H groups in total. The monoisotopic (exact) mass is 334 g/mol. The minimum absolute atomic E-state index is 0.247. The summed E-state index contributed by atoms with van der Waals surface area (Å²) in [6.07, 6.45) is 4.83. The van der Waals surface area contributed by atoms with Gasteiger partial charge in [-0.1, -0.05) is 11.6 Å². The van der Waals surface area contributed by atoms with Gasteiger partial charge in [-0.2, -0.15) is 5.10 Å². The van der Waals surface area contributed by atoms with Crippen molar-refractivity contribution >= 4 is 11.6 Å². The van der Waals surface area contributed by atoms with Crippen molar-refractivity contribution in [2.45, 2.75) is 19.0 Å². The molecule has 2 heterocycles. The highest BCUT2D eigenvalue weighted by molar-refractivity contribution is 6.30. The van der Waals surface area contributed by atoms with Crippen LogP contribution in [0.1, 0.15) is 12.0 Å². The third kappa shape index (κ3) is 4.12. The fourth-order valence-corrected chi connectivity index (χ4v) is 3.18. The second-order valence-electron chi connectivity index (χ2n) is 6.15. The molecule has 1 aliphatic heterocycles. The van der Waals surface area contributed by atoms with Crippen LogP contribution in [0, 0.1) is 0 Å². The highest BCUT2D eigenvalue weighted by atomic mass is 35.5. The first-order chi connectivity index (χ1) is 11.2. The molecule has 0 aliphatic carbocycles. The van der Waals surface area contributed by atoms with Crippen molar-refractivity contribution < 1.29 is 5.11 Å². The number of hydrogen-bond donors (Lipinski definition) is 1. The number of aliphatic hydroxyl groups is 1. The lowest BCUT2D eigenvalue weighted by molar-refractivity contribution is 0.0743. The molecule has 6 heteroatoms. The first-order valence-electron chi connectivity index (χ1n) is 7.98. The molecule has 1 saturated heterocycles. The van der Waals surface area contributed by atoms with Crippen LogP contribution in [-0.2, 0) is 6.54 Å². The Bertz CT molecular complexity index is 628. The maximum atomic E-state index is 9.19. The maximum absolute atomic E-state index is 9.19. The van der Waals surface area contributed by atoms with Gasteiger partial charge in [0.25, 0.3) is 0 Å². The van der Waals surface area contributed by atoms with Gasteiger partial charge in [0.05, 0.1) is 11.9 Å². The van der Waals surface area contributed by atoms with E-state index in [0.717, 1.165) is 43.3 Å². The molecule has 1 atom stereocenters. The van der Waals surface area contributed by atoms with E-state index in [4.69, 9.17) is 11.6 Å². The third-order valence-corrected chi connectivity index (χ3v) is 4.71. The molecule has 0 spiro atoms. The Kier molecular flexibility index (Phi) is 5.33. The molecule has 0 bridgehead atoms. The summed E-state index contributed by atoms with van der Waals surface area (Å²) in [4.78, 5) is 4.77. The number of piperazine rings is 1. The fraction of sp³-hybridized carbons (Fsp3) is 0.471. The van der Waals surface area contributed by atoms with Crippen LogP contribution in [0.5, 0.6) is 0 Å². The average Bonchev–Trinajstić information content (AvgIpc) is 3.00. The molecular weight excluding hydrogens is 312 g/mol. The van der Waals surface area contributed by atoms with E-state index in [1.54, 1.807) is 0 Å². The van der Waals surface area contributed by atoms with E-state index in [1.165, 1.54) is 5.56 Å². The third-order valence-electron chi connectivity index (χ3n) is 4.46. The van der Waals surface area contributed by atoms with Crippen molar-refractivity contribution in [1.29, 1.82) is 0 Å². The molecule has 2 aromatic rings. The quantitative estimate of drug-likeness (QED) is 0.908. The van der Waals surface area contributed by atoms with E-state index in [0.29, 0.717) is 6.04 Å². The number of nitrogens with zero attached hydrogens (tertiary/aromatic N) is 4. The smallest absolute Gasteiger partial charge is 0.0646 e. The lowest BCUT2D eigenvalue weighted by atomic mass is 10.1. The van der Waals surface area contributed by atoms with E-state index in [-0.39, 0.29) is 6.61 Å². The Morgan fingerprint density at radius 3 is 2.78 bits per heavy atom. The van der Waals surface area contributed by atoms with Crippen LogP contribution in [0.15, 0.2) is 36.7 Å². The highest BCUT2D eigenvalue weighted by Crippen LogP contribution is 2.16. The van der Waals surface area contributed by atoms with Gasteiger partial charge in [0.15, 0.2) is 0 Å². The van der Waals surface area contributed by atoms with Gasteiger partial charge in [-0.3, -0.25) is 4.90 Å². The lowest BCUT2D eigenvalue weighted by Crippen LogP contribution is -2.51. The summed E-state index contributed by atoms with van der Waals surface area (Å²) >= 11 is 5.93. The van der Waals surface area contributed by atoms with Crippen molar-refractivity contribution in [3.05, 3.63) is 47.2 Å². The van der Waals surface area contributed by atoms with Crippen LogP contribution in [0.3, 0.4) is 0 Å². The van der Waals surface area contributed by atoms with Crippen molar-refractivity contribution in [3.63, 3.8) is 0 Å². The zero-order valence-electron chi connectivity index (χ0n) is 13.4. The Morgan fingerprint density at radius 1 is 1.26 bits per heavy atom. The van der Waals surface area contributed by atoms with Crippen LogP contribution < -0.4 is 0 Å². The molecule has 23 heavy (non-hydrogen) atoms. The second kappa shape index (κ2) is 7.45. The Labute approximate surface area is 142 Å². The molecule has 0 radical (unpaired) electrons. The Morgan fingerprint density at radius 2 is 2.04 bits per heavy atom. The average molecular weight is 335 g/mol. The van der Waals surface area contributed by atoms with E-state index in [2.05, 4.69) is 28.1 Å². The summed E-state index contributed by atoms with van der Waals surface area (Å²) in [5.74, 6) is 0. The number of hydrogen-bond acceptors (Lipinski definition) is 4. The van der Waals surface area contributed by atoms with Gasteiger partial charge in [-0.05, 0) is 37.7 Å². The number of aliphatic hydroxyl groups excluding tert-OH is 1. The van der Waals surface area contributed by atoms with E-state index >= 15 is 0 Å². The molecule has 3 rings (SSSR count). The minimum atomic E-state index is 0.247. The number of rotatable bonds is 5. The van der Waals surface area contributed by atoms with E-state index in [9.17, 15) is 5.11 Å². The Hall–Kier alpha value is -1.40. The van der Waals surface area contributed by atoms with E-state index < -0.39 is 0 Å². The van der Waals surface area contributed by atoms with Crippen molar-refractivity contribution in [3.8, 4) is 5.69 Å². The molecular formula is C17H23ClN4O. The van der Waals surface area contributed by atoms with Gasteiger partial charge in [0.1, 0.15) is 0 Å². The summed E-state index contributed by atoms with van der Waals surface area (Å²) in [5.41, 5.74) is 2.21. The number of halogens is 1. The van der Waals surface area contributed by atoms with Gasteiger partial charge < -0.3 is 10.0 Å². The summed E-state index contributed by atoms with van der Waals surface area (Å²) in [5, 5.41) is 14.4. The van der Waals surface area contributed by atoms with Crippen LogP contribution in [0.25, 0.3) is 5.69 Å². The molecule has 0 saturated carbocycles. The first kappa shape index (κ1) is 16.5. The predicted molar refractivity (Wildman–Crippen MR) is 92.0 cm³/mol. The molecule has 1 aliphatic rings. The molecule has 1 fully saturated rings. The van der Waals surface area contributed by atoms with Crippen molar-refractivity contribution in [2.24, 2.45) is 0 Å². The number of aromatic nitrogens is 2. The topological polar surface area (TPSA) is 44.5 Å². The summed E-state index contributed by atoms with van der Waals surface area (Å²) < 4.78 is 1.88. The molecule has 0 amide bonds. The molecule has 1 aromatic heterocycles. The summed E-state index contributed by atoms with van der Waals surface area (Å²) in [6.45, 7) is 4.21. The van der Waals surface area contributed by atoms with Gasteiger partial charge in [-0.25, -0.2) is 4.68 Å². The first-order valence-corrected chi connectivity index (χ1v) is 8.36. The fourth-order valence-electron chi connectivity index (χ4n) is 3.05. The highest BCUT2D eigenvalue weighted by Gasteiger charge is 2.23. The Balaban J connectivity index is 1.63. The van der Waals surface area contributed by atoms with Crippen molar-refractivity contribution in [1.82, 2.24) is 19.6 Å². The van der Waals surface area contributed by atoms with Crippen LogP contribution in [0.4, 0.5) is 0 Å². The largest absolute Gasteiger partial charge is 0.396 e. The van der Waals surface area contributed by atoms with Crippen LogP contribution in [-0.4, -0.2) is 64.0 Å². The molecule has 5 nitrogen and oxygen atoms in total. The van der Waals surface area contributed by atoms with Crippen LogP contribution in [0.2, 0.25) is 5.02 Å². The van der Waals surface area contributed by atoms with Gasteiger partial charge in [0.2, 0.25) is 0 Å². The molecule has 1 unspecified atom stereocenters. The standard InChI is InChI=1S/C17H23ClN4O/c1-20-7-8-21(13-17(20)6-9-23)11-14-10-19-22(12-14)16-4-2-15(18)3-5-16/h2-5,10,12,17,23H,6-9,11,13H2,1H3. The maximum Gasteiger partial charge on any atom is 0.0646 e. The lowest BCUT2D eigenvalue weighted by Gasteiger charge is -2.39. The summed E-state index contributed by atoms with van der Waals surface area (Å²) in [7, 11) is 2.14. The van der Waals surface area contributed by atoms with E-state index in [1.807, 2.05) is 35.1 Å². The second-order valence-corrected chi connectivity index (χ2v) is 6.59. The zero-order chi connectivity index (χ0) is 16.2. The van der Waals surface area contributed by atoms with Gasteiger partial charge >= 0.3 is 0 Å². The van der Waals surface area contributed by atoms with Gasteiger partial charge in [-0.15, -0.1) is 0 Å². The van der Waals surface area contributed by atoms with Crippen LogP contribution >= 0.6 is 11.6 Å². The summed E-state index contributed by atoms with van der Waals surface area (Å²) in [6, 6.07) is 8.11. The van der Waals surface area contributed by atoms with Gasteiger partial charge in [0, 0.05) is 55.6 Å². The molecule has 1 aromatic carbocycles. The molecule has 124 valence electrons. The SMILES string of the molecule is CN1CCN(Cc2cnn(-c3ccc(Cl)cc3)c2)CC1CCO. The zero-order valence-corrected chi connectivity index (χ0v) is 14.2.